The maximum atomic E-state index is 8.84. The van der Waals surface area contributed by atoms with Crippen molar-refractivity contribution in [2.24, 2.45) is 0 Å². The van der Waals surface area contributed by atoms with Gasteiger partial charge in [0.15, 0.2) is 9.33 Å². The SMILES string of the molecule is N#[O+].O=S(=O)([O-])Cl. The molecular formula is ClNO4S. The zero-order chi connectivity index (χ0) is 6.50. The average molecular weight is 146 g/mol. The Morgan fingerprint density at radius 1 is 1.57 bits per heavy atom. The summed E-state index contributed by atoms with van der Waals surface area (Å²) in [5.74, 6) is 0. The maximum absolute atomic E-state index is 8.84. The van der Waals surface area contributed by atoms with E-state index in [1.54, 1.807) is 0 Å². The molecule has 7 heavy (non-hydrogen) atoms. The van der Waals surface area contributed by atoms with Crippen LogP contribution >= 0.6 is 10.7 Å². The fourth-order valence-electron chi connectivity index (χ4n) is 0. The Bertz CT molecular complexity index is 123. The third kappa shape index (κ3) is 5200. The van der Waals surface area contributed by atoms with Crippen molar-refractivity contribution in [3.05, 3.63) is 0 Å². The van der Waals surface area contributed by atoms with Crippen LogP contribution in [0.15, 0.2) is 0 Å². The summed E-state index contributed by atoms with van der Waals surface area (Å²) >= 11 is 0. The topological polar surface area (TPSA) is 101 Å². The van der Waals surface area contributed by atoms with Crippen LogP contribution in [0.2, 0.25) is 0 Å². The van der Waals surface area contributed by atoms with Gasteiger partial charge in [0.2, 0.25) is 0 Å². The molecule has 0 rings (SSSR count). The van der Waals surface area contributed by atoms with E-state index in [9.17, 15) is 0 Å². The molecule has 0 atom stereocenters. The first-order valence-electron chi connectivity index (χ1n) is 0.837. The Kier molecular flexibility index (Phi) is 5.76. The molecule has 0 fully saturated rings. The summed E-state index contributed by atoms with van der Waals surface area (Å²) < 4.78 is 33.8. The Balaban J connectivity index is 0. The van der Waals surface area contributed by atoms with Crippen LogP contribution in [0.4, 0.5) is 0 Å². The summed E-state index contributed by atoms with van der Waals surface area (Å²) in [4.78, 5) is 0. The summed E-state index contributed by atoms with van der Waals surface area (Å²) in [6.45, 7) is 0. The van der Waals surface area contributed by atoms with Crippen LogP contribution < -0.4 is 0 Å². The molecule has 7 heteroatoms. The monoisotopic (exact) mass is 145 g/mol. The van der Waals surface area contributed by atoms with E-state index in [-0.39, 0.29) is 0 Å². The van der Waals surface area contributed by atoms with Crippen LogP contribution in [-0.4, -0.2) is 13.0 Å². The van der Waals surface area contributed by atoms with Crippen molar-refractivity contribution in [1.82, 2.24) is 0 Å². The Hall–Kier alpha value is -0.130. The molecule has 0 bridgehead atoms. The third-order valence-electron chi connectivity index (χ3n) is 0. The van der Waals surface area contributed by atoms with Gasteiger partial charge in [-0.15, -0.1) is 0 Å². The summed E-state index contributed by atoms with van der Waals surface area (Å²) in [7, 11) is -0.498. The van der Waals surface area contributed by atoms with Gasteiger partial charge in [0, 0.05) is 10.7 Å². The summed E-state index contributed by atoms with van der Waals surface area (Å²) in [6, 6.07) is 0. The van der Waals surface area contributed by atoms with Crippen molar-refractivity contribution in [2.75, 3.05) is 0 Å². The second kappa shape index (κ2) is 4.04. The zero-order valence-electron chi connectivity index (χ0n) is 2.87. The predicted molar refractivity (Wildman–Crippen MR) is 18.0 cm³/mol. The van der Waals surface area contributed by atoms with E-state index in [2.05, 4.69) is 10.7 Å². The maximum Gasteiger partial charge on any atom is 0.181 e. The van der Waals surface area contributed by atoms with E-state index in [0.717, 1.165) is 0 Å². The average Bonchev–Trinajstić information content (AvgIpc) is 1.36. The van der Waals surface area contributed by atoms with Gasteiger partial charge in [0.05, 0.1) is 0 Å². The predicted octanol–water partition coefficient (Wildman–Crippen LogP) is -0.418. The van der Waals surface area contributed by atoms with Crippen LogP contribution in [0.3, 0.4) is 0 Å². The van der Waals surface area contributed by atoms with Gasteiger partial charge in [0.1, 0.15) is 0 Å². The second-order valence-corrected chi connectivity index (χ2v) is 2.31. The van der Waals surface area contributed by atoms with Crippen LogP contribution in [0, 0.1) is 5.46 Å². The van der Waals surface area contributed by atoms with Crippen molar-refractivity contribution in [2.45, 2.75) is 0 Å². The Labute approximate surface area is 44.0 Å². The number of rotatable bonds is 0. The molecule has 42 valence electrons. The molecule has 0 radical (unpaired) electrons. The third-order valence-corrected chi connectivity index (χ3v) is 0. The first-order chi connectivity index (χ1) is 3.00. The quantitative estimate of drug-likeness (QED) is 0.262. The number of halogens is 1. The second-order valence-electron chi connectivity index (χ2n) is 0.393. The van der Waals surface area contributed by atoms with Crippen molar-refractivity contribution in [3.8, 4) is 0 Å². The molecule has 0 saturated heterocycles. The normalized spacial score (nSPS) is 8.57. The molecule has 0 spiro atoms. The Morgan fingerprint density at radius 2 is 1.57 bits per heavy atom. The van der Waals surface area contributed by atoms with Crippen LogP contribution in [0.1, 0.15) is 0 Å². The van der Waals surface area contributed by atoms with Crippen molar-refractivity contribution >= 4 is 20.0 Å². The largest absolute Gasteiger partial charge is 0.735 e. The minimum absolute atomic E-state index is 3.95. The fourth-order valence-corrected chi connectivity index (χ4v) is 0. The molecule has 0 unspecified atom stereocenters. The van der Waals surface area contributed by atoms with E-state index in [1.807, 2.05) is 0 Å². The minimum Gasteiger partial charge on any atom is -0.735 e. The standard InChI is InChI=1S/ClHO3S.NO/c1-5(2,3)4;1-2/h(H,2,3,4);/q;+1/p-1. The first kappa shape index (κ1) is 9.98. The molecule has 0 aromatic carbocycles. The smallest absolute Gasteiger partial charge is 0.181 e. The molecular weight excluding hydrogens is 146 g/mol. The van der Waals surface area contributed by atoms with Gasteiger partial charge >= 0.3 is 10.2 Å². The van der Waals surface area contributed by atoms with Gasteiger partial charge < -0.3 is 4.55 Å². The summed E-state index contributed by atoms with van der Waals surface area (Å²) in [5.41, 5.74) is 5.75. The van der Waals surface area contributed by atoms with Gasteiger partial charge in [-0.3, -0.25) is 0 Å². The molecule has 0 N–H and O–H groups in total. The molecule has 0 aliphatic rings. The number of nitrogens with zero attached hydrogens (tertiary/aromatic N) is 1. The van der Waals surface area contributed by atoms with Crippen molar-refractivity contribution < 1.29 is 17.7 Å². The fraction of sp³-hybridized carbons (Fsp3) is 0. The summed E-state index contributed by atoms with van der Waals surface area (Å²) in [5, 5.41) is 0. The van der Waals surface area contributed by atoms with Gasteiger partial charge in [-0.1, -0.05) is 0 Å². The van der Waals surface area contributed by atoms with Crippen molar-refractivity contribution in [1.29, 1.82) is 5.46 Å². The van der Waals surface area contributed by atoms with Gasteiger partial charge in [-0.2, -0.15) is 0 Å². The van der Waals surface area contributed by atoms with E-state index in [4.69, 9.17) is 23.2 Å². The Morgan fingerprint density at radius 3 is 1.57 bits per heavy atom. The zero-order valence-corrected chi connectivity index (χ0v) is 4.44. The number of hydrogen-bond acceptors (Lipinski definition) is 4. The molecule has 0 aromatic heterocycles. The molecule has 0 aromatic rings. The van der Waals surface area contributed by atoms with E-state index < -0.39 is 9.33 Å². The number of hydrogen-bond donors (Lipinski definition) is 0. The van der Waals surface area contributed by atoms with Gasteiger partial charge in [-0.25, -0.2) is 8.42 Å². The van der Waals surface area contributed by atoms with Crippen molar-refractivity contribution in [3.63, 3.8) is 0 Å². The van der Waals surface area contributed by atoms with Crippen LogP contribution in [0.25, 0.3) is 0 Å². The van der Waals surface area contributed by atoms with Gasteiger partial charge in [0.25, 0.3) is 0 Å². The minimum atomic E-state index is -4.44. The van der Waals surface area contributed by atoms with Gasteiger partial charge in [-0.05, 0) is 0 Å². The van der Waals surface area contributed by atoms with Crippen LogP contribution in [0.5, 0.6) is 0 Å². The first-order valence-corrected chi connectivity index (χ1v) is 3.07. The van der Waals surface area contributed by atoms with E-state index in [0.29, 0.717) is 0 Å². The molecule has 0 saturated carbocycles. The van der Waals surface area contributed by atoms with E-state index in [1.165, 1.54) is 0 Å². The van der Waals surface area contributed by atoms with E-state index >= 15 is 0 Å². The molecule has 0 amide bonds. The molecule has 0 heterocycles. The molecule has 0 aliphatic carbocycles. The molecule has 0 aliphatic heterocycles. The summed E-state index contributed by atoms with van der Waals surface area (Å²) in [6.07, 6.45) is 0. The molecule has 5 nitrogen and oxygen atoms in total. The van der Waals surface area contributed by atoms with Crippen LogP contribution in [-0.2, 0) is 14.1 Å².